The van der Waals surface area contributed by atoms with Crippen LogP contribution >= 0.6 is 0 Å². The highest BCUT2D eigenvalue weighted by Gasteiger charge is 2.27. The molecule has 1 aromatic carbocycles. The lowest BCUT2D eigenvalue weighted by Crippen LogP contribution is -2.41. The van der Waals surface area contributed by atoms with Crippen LogP contribution in [-0.4, -0.2) is 26.3 Å². The first kappa shape index (κ1) is 14.4. The fourth-order valence-corrected chi connectivity index (χ4v) is 2.51. The van der Waals surface area contributed by atoms with Crippen LogP contribution in [-0.2, 0) is 10.2 Å². The lowest BCUT2D eigenvalue weighted by atomic mass is 9.85. The lowest BCUT2D eigenvalue weighted by Gasteiger charge is -2.32. The molecule has 106 valence electrons. The molecular formula is C16H25NO2. The summed E-state index contributed by atoms with van der Waals surface area (Å²) >= 11 is 0. The van der Waals surface area contributed by atoms with Gasteiger partial charge in [0.2, 0.25) is 0 Å². The van der Waals surface area contributed by atoms with Gasteiger partial charge in [-0.3, -0.25) is 0 Å². The zero-order valence-corrected chi connectivity index (χ0v) is 12.6. The van der Waals surface area contributed by atoms with Crippen LogP contribution in [0, 0.1) is 0 Å². The third-order valence-corrected chi connectivity index (χ3v) is 3.72. The van der Waals surface area contributed by atoms with E-state index in [0.29, 0.717) is 6.04 Å². The normalized spacial score (nSPS) is 24.3. The van der Waals surface area contributed by atoms with E-state index in [2.05, 4.69) is 51.2 Å². The van der Waals surface area contributed by atoms with Crippen LogP contribution in [0.4, 0.5) is 0 Å². The van der Waals surface area contributed by atoms with Crippen LogP contribution in [0.25, 0.3) is 0 Å². The third-order valence-electron chi connectivity index (χ3n) is 3.72. The molecule has 0 amide bonds. The molecular weight excluding hydrogens is 238 g/mol. The number of hydrogen-bond donors (Lipinski definition) is 1. The molecule has 19 heavy (non-hydrogen) atoms. The Balaban J connectivity index is 2.41. The average Bonchev–Trinajstić information content (AvgIpc) is 2.37. The lowest BCUT2D eigenvalue weighted by molar-refractivity contribution is -0.00158. The zero-order valence-electron chi connectivity index (χ0n) is 12.6. The molecule has 2 atom stereocenters. The van der Waals surface area contributed by atoms with E-state index in [4.69, 9.17) is 9.47 Å². The summed E-state index contributed by atoms with van der Waals surface area (Å²) in [5, 5.41) is 3.46. The molecule has 0 aromatic heterocycles. The molecule has 1 aliphatic heterocycles. The van der Waals surface area contributed by atoms with E-state index in [1.807, 2.05) is 0 Å². The second kappa shape index (κ2) is 5.51. The van der Waals surface area contributed by atoms with Gasteiger partial charge >= 0.3 is 0 Å². The topological polar surface area (TPSA) is 30.5 Å². The highest BCUT2D eigenvalue weighted by Crippen LogP contribution is 2.35. The predicted molar refractivity (Wildman–Crippen MR) is 77.9 cm³/mol. The minimum absolute atomic E-state index is 0.0611. The minimum Gasteiger partial charge on any atom is -0.496 e. The number of methoxy groups -OCH3 is 1. The van der Waals surface area contributed by atoms with Gasteiger partial charge in [-0.1, -0.05) is 26.8 Å². The fraction of sp³-hybridized carbons (Fsp3) is 0.625. The Morgan fingerprint density at radius 1 is 1.32 bits per heavy atom. The first-order chi connectivity index (χ1) is 8.93. The van der Waals surface area contributed by atoms with Gasteiger partial charge in [0, 0.05) is 18.2 Å². The van der Waals surface area contributed by atoms with Gasteiger partial charge < -0.3 is 14.8 Å². The third kappa shape index (κ3) is 3.10. The quantitative estimate of drug-likeness (QED) is 0.889. The van der Waals surface area contributed by atoms with Crippen LogP contribution in [0.1, 0.15) is 44.9 Å². The Labute approximate surface area is 116 Å². The molecule has 3 nitrogen and oxygen atoms in total. The van der Waals surface area contributed by atoms with Crippen molar-refractivity contribution in [1.29, 1.82) is 0 Å². The van der Waals surface area contributed by atoms with Crippen LogP contribution in [0.5, 0.6) is 5.75 Å². The summed E-state index contributed by atoms with van der Waals surface area (Å²) in [6, 6.07) is 6.73. The van der Waals surface area contributed by atoms with Gasteiger partial charge in [0.15, 0.2) is 0 Å². The maximum Gasteiger partial charge on any atom is 0.124 e. The van der Waals surface area contributed by atoms with Crippen molar-refractivity contribution in [1.82, 2.24) is 5.32 Å². The highest BCUT2D eigenvalue weighted by molar-refractivity contribution is 5.41. The van der Waals surface area contributed by atoms with Crippen LogP contribution in [0.2, 0.25) is 0 Å². The van der Waals surface area contributed by atoms with E-state index >= 15 is 0 Å². The van der Waals surface area contributed by atoms with Crippen molar-refractivity contribution >= 4 is 0 Å². The molecule has 1 aromatic rings. The van der Waals surface area contributed by atoms with E-state index in [-0.39, 0.29) is 11.5 Å². The number of nitrogens with one attached hydrogen (secondary N) is 1. The number of benzene rings is 1. The van der Waals surface area contributed by atoms with E-state index in [1.165, 1.54) is 5.56 Å². The van der Waals surface area contributed by atoms with Gasteiger partial charge in [0.1, 0.15) is 11.9 Å². The summed E-state index contributed by atoms with van der Waals surface area (Å²) < 4.78 is 11.5. The molecule has 0 spiro atoms. The van der Waals surface area contributed by atoms with Crippen molar-refractivity contribution in [3.63, 3.8) is 0 Å². The monoisotopic (exact) mass is 263 g/mol. The van der Waals surface area contributed by atoms with Gasteiger partial charge in [-0.25, -0.2) is 0 Å². The summed E-state index contributed by atoms with van der Waals surface area (Å²) in [7, 11) is 1.72. The molecule has 1 fully saturated rings. The summed E-state index contributed by atoms with van der Waals surface area (Å²) in [5.74, 6) is 0.911. The van der Waals surface area contributed by atoms with Gasteiger partial charge in [0.25, 0.3) is 0 Å². The van der Waals surface area contributed by atoms with Gasteiger partial charge in [-0.05, 0) is 30.0 Å². The molecule has 2 rings (SSSR count). The van der Waals surface area contributed by atoms with Crippen molar-refractivity contribution in [3.05, 3.63) is 29.3 Å². The Hall–Kier alpha value is -1.06. The first-order valence-corrected chi connectivity index (χ1v) is 6.97. The smallest absolute Gasteiger partial charge is 0.124 e. The molecule has 1 saturated heterocycles. The molecule has 2 unspecified atom stereocenters. The average molecular weight is 263 g/mol. The van der Waals surface area contributed by atoms with Crippen LogP contribution < -0.4 is 10.1 Å². The fourth-order valence-electron chi connectivity index (χ4n) is 2.51. The van der Waals surface area contributed by atoms with Gasteiger partial charge in [-0.15, -0.1) is 0 Å². The van der Waals surface area contributed by atoms with Crippen molar-refractivity contribution < 1.29 is 9.47 Å². The standard InChI is InChI=1S/C16H25NO2/c1-11-15(19-9-8-17-11)13-10-12(16(2,3)4)6-7-14(13)18-5/h6-7,10-11,15,17H,8-9H2,1-5H3. The number of morpholine rings is 1. The first-order valence-electron chi connectivity index (χ1n) is 6.97. The van der Waals surface area contributed by atoms with E-state index < -0.39 is 0 Å². The zero-order chi connectivity index (χ0) is 14.0. The maximum atomic E-state index is 5.94. The summed E-state index contributed by atoms with van der Waals surface area (Å²) in [4.78, 5) is 0. The Bertz CT molecular complexity index is 437. The Morgan fingerprint density at radius 3 is 2.63 bits per heavy atom. The number of rotatable bonds is 2. The number of hydrogen-bond acceptors (Lipinski definition) is 3. The van der Waals surface area contributed by atoms with Crippen molar-refractivity contribution in [2.45, 2.75) is 45.3 Å². The molecule has 0 bridgehead atoms. The molecule has 0 aliphatic carbocycles. The molecule has 0 saturated carbocycles. The minimum atomic E-state index is 0.0611. The van der Waals surface area contributed by atoms with Crippen molar-refractivity contribution in [2.24, 2.45) is 0 Å². The van der Waals surface area contributed by atoms with Crippen molar-refractivity contribution in [2.75, 3.05) is 20.3 Å². The van der Waals surface area contributed by atoms with E-state index in [9.17, 15) is 0 Å². The predicted octanol–water partition coefficient (Wildman–Crippen LogP) is 3.04. The van der Waals surface area contributed by atoms with Gasteiger partial charge in [0.05, 0.1) is 13.7 Å². The van der Waals surface area contributed by atoms with Crippen LogP contribution in [0.3, 0.4) is 0 Å². The summed E-state index contributed by atoms with van der Waals surface area (Å²) in [6.07, 6.45) is 0.0611. The number of ether oxygens (including phenoxy) is 2. The van der Waals surface area contributed by atoms with E-state index in [1.54, 1.807) is 7.11 Å². The molecule has 0 radical (unpaired) electrons. The SMILES string of the molecule is COc1ccc(C(C)(C)C)cc1C1OCCNC1C. The van der Waals surface area contributed by atoms with Gasteiger partial charge in [-0.2, -0.15) is 0 Å². The second-order valence-corrected chi connectivity index (χ2v) is 6.24. The second-order valence-electron chi connectivity index (χ2n) is 6.24. The molecule has 1 aliphatic rings. The summed E-state index contributed by atoms with van der Waals surface area (Å²) in [6.45, 7) is 10.5. The highest BCUT2D eigenvalue weighted by atomic mass is 16.5. The van der Waals surface area contributed by atoms with E-state index in [0.717, 1.165) is 24.5 Å². The molecule has 3 heteroatoms. The molecule has 1 heterocycles. The van der Waals surface area contributed by atoms with Crippen molar-refractivity contribution in [3.8, 4) is 5.75 Å². The molecule has 1 N–H and O–H groups in total. The maximum absolute atomic E-state index is 5.94. The largest absolute Gasteiger partial charge is 0.496 e. The van der Waals surface area contributed by atoms with Crippen LogP contribution in [0.15, 0.2) is 18.2 Å². The summed E-state index contributed by atoms with van der Waals surface area (Å²) in [5.41, 5.74) is 2.59. The Kier molecular flexibility index (Phi) is 4.16. The Morgan fingerprint density at radius 2 is 2.05 bits per heavy atom.